The SMILES string of the molecule is OCCCc1ncc2c(O)cccn12. The highest BCUT2D eigenvalue weighted by Gasteiger charge is 2.05. The Bertz CT molecular complexity index is 437. The van der Waals surface area contributed by atoms with Crippen LogP contribution in [-0.2, 0) is 6.42 Å². The minimum Gasteiger partial charge on any atom is -0.506 e. The van der Waals surface area contributed by atoms with Gasteiger partial charge in [0, 0.05) is 19.2 Å². The molecule has 0 amide bonds. The van der Waals surface area contributed by atoms with Gasteiger partial charge in [-0.1, -0.05) is 0 Å². The molecule has 0 bridgehead atoms. The average molecular weight is 192 g/mol. The Morgan fingerprint density at radius 1 is 1.43 bits per heavy atom. The summed E-state index contributed by atoms with van der Waals surface area (Å²) in [6, 6.07) is 3.40. The van der Waals surface area contributed by atoms with E-state index >= 15 is 0 Å². The van der Waals surface area contributed by atoms with Crippen LogP contribution in [0.3, 0.4) is 0 Å². The quantitative estimate of drug-likeness (QED) is 0.761. The van der Waals surface area contributed by atoms with E-state index < -0.39 is 0 Å². The Morgan fingerprint density at radius 2 is 2.29 bits per heavy atom. The van der Waals surface area contributed by atoms with E-state index in [1.54, 1.807) is 18.3 Å². The fourth-order valence-electron chi connectivity index (χ4n) is 1.48. The van der Waals surface area contributed by atoms with Crippen molar-refractivity contribution in [1.82, 2.24) is 9.38 Å². The molecular weight excluding hydrogens is 180 g/mol. The number of rotatable bonds is 3. The summed E-state index contributed by atoms with van der Waals surface area (Å²) in [5.74, 6) is 1.10. The summed E-state index contributed by atoms with van der Waals surface area (Å²) in [7, 11) is 0. The smallest absolute Gasteiger partial charge is 0.141 e. The summed E-state index contributed by atoms with van der Waals surface area (Å²) in [5, 5.41) is 18.2. The number of hydrogen-bond donors (Lipinski definition) is 2. The molecule has 0 aliphatic heterocycles. The van der Waals surface area contributed by atoms with Gasteiger partial charge in [-0.15, -0.1) is 0 Å². The van der Waals surface area contributed by atoms with Crippen molar-refractivity contribution in [2.24, 2.45) is 0 Å². The van der Waals surface area contributed by atoms with Crippen molar-refractivity contribution in [2.75, 3.05) is 6.61 Å². The third-order valence-electron chi connectivity index (χ3n) is 2.18. The van der Waals surface area contributed by atoms with E-state index in [0.717, 1.165) is 5.82 Å². The standard InChI is InChI=1S/C10H12N2O2/c13-6-2-4-10-11-7-8-9(14)3-1-5-12(8)10/h1,3,5,7,13-14H,2,4,6H2. The van der Waals surface area contributed by atoms with Crippen LogP contribution in [-0.4, -0.2) is 26.2 Å². The van der Waals surface area contributed by atoms with Crippen LogP contribution in [0.2, 0.25) is 0 Å². The minimum absolute atomic E-state index is 0.160. The second-order valence-corrected chi connectivity index (χ2v) is 3.15. The maximum Gasteiger partial charge on any atom is 0.141 e. The molecule has 2 rings (SSSR count). The molecule has 74 valence electrons. The molecule has 4 nitrogen and oxygen atoms in total. The zero-order valence-electron chi connectivity index (χ0n) is 7.72. The molecule has 14 heavy (non-hydrogen) atoms. The minimum atomic E-state index is 0.160. The number of aryl methyl sites for hydroxylation is 1. The lowest BCUT2D eigenvalue weighted by Gasteiger charge is -2.00. The fraction of sp³-hybridized carbons (Fsp3) is 0.300. The number of hydrogen-bond acceptors (Lipinski definition) is 3. The third-order valence-corrected chi connectivity index (χ3v) is 2.18. The molecule has 0 atom stereocenters. The van der Waals surface area contributed by atoms with Crippen molar-refractivity contribution in [1.29, 1.82) is 0 Å². The van der Waals surface area contributed by atoms with Crippen molar-refractivity contribution in [2.45, 2.75) is 12.8 Å². The van der Waals surface area contributed by atoms with Crippen molar-refractivity contribution in [3.05, 3.63) is 30.4 Å². The van der Waals surface area contributed by atoms with E-state index in [2.05, 4.69) is 4.98 Å². The lowest BCUT2D eigenvalue weighted by Crippen LogP contribution is -1.96. The van der Waals surface area contributed by atoms with Crippen molar-refractivity contribution in [3.63, 3.8) is 0 Å². The first-order valence-corrected chi connectivity index (χ1v) is 4.57. The molecule has 0 aromatic carbocycles. The van der Waals surface area contributed by atoms with E-state index in [0.29, 0.717) is 18.4 Å². The Kier molecular flexibility index (Phi) is 2.37. The van der Waals surface area contributed by atoms with E-state index in [-0.39, 0.29) is 12.4 Å². The van der Waals surface area contributed by atoms with Crippen molar-refractivity contribution >= 4 is 5.52 Å². The molecular formula is C10H12N2O2. The van der Waals surface area contributed by atoms with Gasteiger partial charge in [0.25, 0.3) is 0 Å². The molecule has 0 fully saturated rings. The third kappa shape index (κ3) is 1.44. The normalized spacial score (nSPS) is 10.9. The van der Waals surface area contributed by atoms with Gasteiger partial charge in [0.1, 0.15) is 17.1 Å². The van der Waals surface area contributed by atoms with E-state index in [4.69, 9.17) is 5.11 Å². The maximum absolute atomic E-state index is 9.50. The lowest BCUT2D eigenvalue weighted by atomic mass is 10.3. The zero-order chi connectivity index (χ0) is 9.97. The molecule has 0 saturated carbocycles. The first-order valence-electron chi connectivity index (χ1n) is 4.57. The summed E-state index contributed by atoms with van der Waals surface area (Å²) in [4.78, 5) is 4.19. The van der Waals surface area contributed by atoms with Crippen LogP contribution in [0.5, 0.6) is 5.75 Å². The number of aliphatic hydroxyl groups is 1. The van der Waals surface area contributed by atoms with Crippen LogP contribution >= 0.6 is 0 Å². The largest absolute Gasteiger partial charge is 0.506 e. The van der Waals surface area contributed by atoms with E-state index in [9.17, 15) is 5.11 Å². The van der Waals surface area contributed by atoms with Gasteiger partial charge in [0.2, 0.25) is 0 Å². The lowest BCUT2D eigenvalue weighted by molar-refractivity contribution is 0.287. The monoisotopic (exact) mass is 192 g/mol. The molecule has 0 aliphatic rings. The highest BCUT2D eigenvalue weighted by atomic mass is 16.3. The number of aromatic hydroxyl groups is 1. The van der Waals surface area contributed by atoms with Gasteiger partial charge in [-0.25, -0.2) is 4.98 Å². The van der Waals surface area contributed by atoms with Crippen molar-refractivity contribution < 1.29 is 10.2 Å². The van der Waals surface area contributed by atoms with E-state index in [1.807, 2.05) is 10.6 Å². The number of aromatic nitrogens is 2. The Labute approximate surface area is 81.5 Å². The fourth-order valence-corrected chi connectivity index (χ4v) is 1.48. The number of pyridine rings is 1. The molecule has 4 heteroatoms. The first kappa shape index (κ1) is 9.02. The molecule has 0 spiro atoms. The van der Waals surface area contributed by atoms with Gasteiger partial charge < -0.3 is 14.6 Å². The molecule has 2 heterocycles. The maximum atomic E-state index is 9.50. The Balaban J connectivity index is 2.42. The molecule has 2 aromatic heterocycles. The van der Waals surface area contributed by atoms with Crippen LogP contribution in [0.15, 0.2) is 24.5 Å². The van der Waals surface area contributed by atoms with Gasteiger partial charge in [-0.2, -0.15) is 0 Å². The summed E-state index contributed by atoms with van der Waals surface area (Å²) >= 11 is 0. The predicted octanol–water partition coefficient (Wildman–Crippen LogP) is 0.965. The summed E-state index contributed by atoms with van der Waals surface area (Å²) in [5.41, 5.74) is 0.709. The summed E-state index contributed by atoms with van der Waals surface area (Å²) in [6.07, 6.45) is 4.90. The van der Waals surface area contributed by atoms with Crippen molar-refractivity contribution in [3.8, 4) is 5.75 Å². The summed E-state index contributed by atoms with van der Waals surface area (Å²) in [6.45, 7) is 0.160. The Morgan fingerprint density at radius 3 is 3.07 bits per heavy atom. The zero-order valence-corrected chi connectivity index (χ0v) is 7.72. The number of fused-ring (bicyclic) bond motifs is 1. The van der Waals surface area contributed by atoms with Gasteiger partial charge in [-0.05, 0) is 18.6 Å². The van der Waals surface area contributed by atoms with Gasteiger partial charge >= 0.3 is 0 Å². The highest BCUT2D eigenvalue weighted by Crippen LogP contribution is 2.18. The molecule has 0 unspecified atom stereocenters. The summed E-state index contributed by atoms with van der Waals surface area (Å²) < 4.78 is 1.84. The Hall–Kier alpha value is -1.55. The molecule has 2 N–H and O–H groups in total. The second kappa shape index (κ2) is 3.67. The van der Waals surface area contributed by atoms with E-state index in [1.165, 1.54) is 0 Å². The molecule has 2 aromatic rings. The van der Waals surface area contributed by atoms with Crippen LogP contribution in [0.4, 0.5) is 0 Å². The van der Waals surface area contributed by atoms with Crippen LogP contribution in [0, 0.1) is 0 Å². The number of nitrogens with zero attached hydrogens (tertiary/aromatic N) is 2. The second-order valence-electron chi connectivity index (χ2n) is 3.15. The molecule has 0 saturated heterocycles. The van der Waals surface area contributed by atoms with Crippen LogP contribution in [0.1, 0.15) is 12.2 Å². The van der Waals surface area contributed by atoms with Gasteiger partial charge in [0.15, 0.2) is 0 Å². The highest BCUT2D eigenvalue weighted by molar-refractivity contribution is 5.58. The number of aliphatic hydroxyl groups excluding tert-OH is 1. The molecule has 0 aliphatic carbocycles. The van der Waals surface area contributed by atoms with Gasteiger partial charge in [0.05, 0.1) is 6.20 Å². The topological polar surface area (TPSA) is 57.8 Å². The molecule has 0 radical (unpaired) electrons. The average Bonchev–Trinajstić information content (AvgIpc) is 2.60. The van der Waals surface area contributed by atoms with Crippen LogP contribution in [0.25, 0.3) is 5.52 Å². The predicted molar refractivity (Wildman–Crippen MR) is 52.3 cm³/mol. The van der Waals surface area contributed by atoms with Crippen LogP contribution < -0.4 is 0 Å². The van der Waals surface area contributed by atoms with Gasteiger partial charge in [-0.3, -0.25) is 0 Å². The first-order chi connectivity index (χ1) is 6.83. The number of imidazole rings is 1.